The van der Waals surface area contributed by atoms with Crippen LogP contribution in [0.2, 0.25) is 0 Å². The van der Waals surface area contributed by atoms with E-state index in [4.69, 9.17) is 0 Å². The molecule has 0 spiro atoms. The number of aromatic nitrogens is 1. The van der Waals surface area contributed by atoms with Crippen molar-refractivity contribution >= 4 is 22.6 Å². The van der Waals surface area contributed by atoms with Crippen molar-refractivity contribution in [3.8, 4) is 0 Å². The molecule has 1 aromatic carbocycles. The van der Waals surface area contributed by atoms with E-state index < -0.39 is 0 Å². The van der Waals surface area contributed by atoms with Crippen molar-refractivity contribution in [2.45, 2.75) is 25.8 Å². The van der Waals surface area contributed by atoms with Crippen molar-refractivity contribution in [1.29, 1.82) is 0 Å². The van der Waals surface area contributed by atoms with E-state index in [1.54, 1.807) is 0 Å². The Hall–Kier alpha value is -2.10. The van der Waals surface area contributed by atoms with Crippen LogP contribution in [0.5, 0.6) is 0 Å². The first kappa shape index (κ1) is 12.9. The highest BCUT2D eigenvalue weighted by atomic mass is 16.2. The molecule has 0 radical (unpaired) electrons. The lowest BCUT2D eigenvalue weighted by molar-refractivity contribution is 0.0787. The summed E-state index contributed by atoms with van der Waals surface area (Å²) in [7, 11) is 1.89. The summed E-state index contributed by atoms with van der Waals surface area (Å²) in [5.41, 5.74) is 1.60. The Labute approximate surface area is 118 Å². The number of hydrogen-bond acceptors (Lipinski definition) is 3. The summed E-state index contributed by atoms with van der Waals surface area (Å²) in [5.74, 6) is 0.851. The van der Waals surface area contributed by atoms with E-state index in [2.05, 4.69) is 10.3 Å². The number of anilines is 1. The number of nitrogens with zero attached hydrogens (tertiary/aromatic N) is 2. The van der Waals surface area contributed by atoms with E-state index in [1.165, 1.54) is 0 Å². The Kier molecular flexibility index (Phi) is 3.30. The first-order chi connectivity index (χ1) is 9.70. The molecular formula is C16H19N3O. The smallest absolute Gasteiger partial charge is 0.254 e. The van der Waals surface area contributed by atoms with E-state index in [1.807, 2.05) is 49.2 Å². The molecule has 1 amide bonds. The van der Waals surface area contributed by atoms with Crippen LogP contribution >= 0.6 is 0 Å². The SMILES string of the molecule is CCNc1cc(C(=O)N(C)C2CC2)c2ccccc2n1. The van der Waals surface area contributed by atoms with Gasteiger partial charge in [0.2, 0.25) is 0 Å². The average molecular weight is 269 g/mol. The number of carbonyl (C=O) groups is 1. The largest absolute Gasteiger partial charge is 0.370 e. The maximum absolute atomic E-state index is 12.7. The number of rotatable bonds is 4. The van der Waals surface area contributed by atoms with Gasteiger partial charge >= 0.3 is 0 Å². The summed E-state index contributed by atoms with van der Waals surface area (Å²) >= 11 is 0. The monoisotopic (exact) mass is 269 g/mol. The van der Waals surface area contributed by atoms with Gasteiger partial charge in [-0.15, -0.1) is 0 Å². The van der Waals surface area contributed by atoms with E-state index in [-0.39, 0.29) is 5.91 Å². The summed E-state index contributed by atoms with van der Waals surface area (Å²) in [4.78, 5) is 19.1. The number of amides is 1. The summed E-state index contributed by atoms with van der Waals surface area (Å²) in [6.45, 7) is 2.81. The minimum Gasteiger partial charge on any atom is -0.370 e. The molecule has 4 heteroatoms. The van der Waals surface area contributed by atoms with E-state index in [0.29, 0.717) is 6.04 Å². The number of pyridine rings is 1. The predicted octanol–water partition coefficient (Wildman–Crippen LogP) is 2.90. The summed E-state index contributed by atoms with van der Waals surface area (Å²) in [5, 5.41) is 4.12. The maximum Gasteiger partial charge on any atom is 0.254 e. The molecule has 2 aromatic rings. The fraction of sp³-hybridized carbons (Fsp3) is 0.375. The average Bonchev–Trinajstić information content (AvgIpc) is 3.30. The van der Waals surface area contributed by atoms with Gasteiger partial charge in [0.1, 0.15) is 5.82 Å². The molecule has 0 saturated heterocycles. The number of fused-ring (bicyclic) bond motifs is 1. The predicted molar refractivity (Wildman–Crippen MR) is 81.0 cm³/mol. The van der Waals surface area contributed by atoms with Crippen molar-refractivity contribution in [3.63, 3.8) is 0 Å². The van der Waals surface area contributed by atoms with Gasteiger partial charge < -0.3 is 10.2 Å². The molecule has 1 N–H and O–H groups in total. The zero-order valence-electron chi connectivity index (χ0n) is 11.9. The van der Waals surface area contributed by atoms with Crippen LogP contribution in [0.15, 0.2) is 30.3 Å². The third-order valence-electron chi connectivity index (χ3n) is 3.72. The van der Waals surface area contributed by atoms with Gasteiger partial charge in [-0.3, -0.25) is 4.79 Å². The highest BCUT2D eigenvalue weighted by Gasteiger charge is 2.30. The summed E-state index contributed by atoms with van der Waals surface area (Å²) in [6.07, 6.45) is 2.23. The minimum atomic E-state index is 0.0882. The molecule has 1 fully saturated rings. The molecule has 1 heterocycles. The second kappa shape index (κ2) is 5.12. The molecule has 1 aromatic heterocycles. The Morgan fingerprint density at radius 1 is 1.40 bits per heavy atom. The standard InChI is InChI=1S/C16H19N3O/c1-3-17-15-10-13(16(20)19(2)11-8-9-11)12-6-4-5-7-14(12)18-15/h4-7,10-11H,3,8-9H2,1-2H3,(H,17,18). The number of benzene rings is 1. The number of para-hydroxylation sites is 1. The topological polar surface area (TPSA) is 45.2 Å². The van der Waals surface area contributed by atoms with Crippen molar-refractivity contribution in [2.75, 3.05) is 18.9 Å². The van der Waals surface area contributed by atoms with Gasteiger partial charge in [-0.2, -0.15) is 0 Å². The maximum atomic E-state index is 12.7. The first-order valence-electron chi connectivity index (χ1n) is 7.11. The zero-order valence-corrected chi connectivity index (χ0v) is 11.9. The van der Waals surface area contributed by atoms with Crippen molar-refractivity contribution < 1.29 is 4.79 Å². The van der Waals surface area contributed by atoms with Crippen LogP contribution in [0, 0.1) is 0 Å². The second-order valence-corrected chi connectivity index (χ2v) is 5.25. The van der Waals surface area contributed by atoms with Crippen LogP contribution in [0.3, 0.4) is 0 Å². The fourth-order valence-electron chi connectivity index (χ4n) is 2.44. The first-order valence-corrected chi connectivity index (χ1v) is 7.11. The molecule has 0 atom stereocenters. The Balaban J connectivity index is 2.08. The molecular weight excluding hydrogens is 250 g/mol. The van der Waals surface area contributed by atoms with Crippen LogP contribution in [-0.4, -0.2) is 35.4 Å². The van der Waals surface area contributed by atoms with Gasteiger partial charge in [0.15, 0.2) is 0 Å². The molecule has 1 saturated carbocycles. The molecule has 0 aliphatic heterocycles. The van der Waals surface area contributed by atoms with Crippen molar-refractivity contribution in [3.05, 3.63) is 35.9 Å². The molecule has 0 bridgehead atoms. The lowest BCUT2D eigenvalue weighted by atomic mass is 10.1. The highest BCUT2D eigenvalue weighted by molar-refractivity contribution is 6.07. The third kappa shape index (κ3) is 2.33. The number of nitrogens with one attached hydrogen (secondary N) is 1. The lowest BCUT2D eigenvalue weighted by Crippen LogP contribution is -2.29. The van der Waals surface area contributed by atoms with Crippen LogP contribution in [-0.2, 0) is 0 Å². The normalized spacial score (nSPS) is 14.3. The molecule has 4 nitrogen and oxygen atoms in total. The molecule has 104 valence electrons. The Morgan fingerprint density at radius 3 is 2.85 bits per heavy atom. The van der Waals surface area contributed by atoms with Gasteiger partial charge in [0.25, 0.3) is 5.91 Å². The Bertz CT molecular complexity index is 649. The molecule has 3 rings (SSSR count). The van der Waals surface area contributed by atoms with Crippen LogP contribution in [0.1, 0.15) is 30.1 Å². The number of hydrogen-bond donors (Lipinski definition) is 1. The molecule has 20 heavy (non-hydrogen) atoms. The highest BCUT2D eigenvalue weighted by Crippen LogP contribution is 2.29. The van der Waals surface area contributed by atoms with Gasteiger partial charge in [-0.1, -0.05) is 18.2 Å². The van der Waals surface area contributed by atoms with Gasteiger partial charge in [0.05, 0.1) is 11.1 Å². The summed E-state index contributed by atoms with van der Waals surface area (Å²) < 4.78 is 0. The molecule has 0 unspecified atom stereocenters. The quantitative estimate of drug-likeness (QED) is 0.928. The van der Waals surface area contributed by atoms with Gasteiger partial charge in [-0.25, -0.2) is 4.98 Å². The molecule has 1 aliphatic carbocycles. The molecule has 1 aliphatic rings. The van der Waals surface area contributed by atoms with Crippen LogP contribution in [0.25, 0.3) is 10.9 Å². The second-order valence-electron chi connectivity index (χ2n) is 5.25. The van der Waals surface area contributed by atoms with E-state index in [9.17, 15) is 4.79 Å². The number of carbonyl (C=O) groups excluding carboxylic acids is 1. The lowest BCUT2D eigenvalue weighted by Gasteiger charge is -2.18. The summed E-state index contributed by atoms with van der Waals surface area (Å²) in [6, 6.07) is 10.1. The van der Waals surface area contributed by atoms with Crippen LogP contribution in [0.4, 0.5) is 5.82 Å². The van der Waals surface area contributed by atoms with Crippen LogP contribution < -0.4 is 5.32 Å². The Morgan fingerprint density at radius 2 is 2.15 bits per heavy atom. The third-order valence-corrected chi connectivity index (χ3v) is 3.72. The van der Waals surface area contributed by atoms with Crippen molar-refractivity contribution in [1.82, 2.24) is 9.88 Å². The van der Waals surface area contributed by atoms with Gasteiger partial charge in [0, 0.05) is 25.0 Å². The fourth-order valence-corrected chi connectivity index (χ4v) is 2.44. The van der Waals surface area contributed by atoms with Gasteiger partial charge in [-0.05, 0) is 31.9 Å². The van der Waals surface area contributed by atoms with E-state index >= 15 is 0 Å². The van der Waals surface area contributed by atoms with E-state index in [0.717, 1.165) is 41.7 Å². The van der Waals surface area contributed by atoms with Crippen molar-refractivity contribution in [2.24, 2.45) is 0 Å². The zero-order chi connectivity index (χ0) is 14.1. The minimum absolute atomic E-state index is 0.0882.